The van der Waals surface area contributed by atoms with Gasteiger partial charge in [0.1, 0.15) is 0 Å². The molecule has 0 aromatic carbocycles. The van der Waals surface area contributed by atoms with Gasteiger partial charge in [0.05, 0.1) is 0 Å². The molecule has 2 N–H and O–H groups in total. The largest absolute Gasteiger partial charge is 0.382 e. The summed E-state index contributed by atoms with van der Waals surface area (Å²) in [5.74, 6) is 0. The highest BCUT2D eigenvalue weighted by molar-refractivity contribution is 8.93. The predicted molar refractivity (Wildman–Crippen MR) is 42.6 cm³/mol. The monoisotopic (exact) mass is 185 g/mol. The molecule has 54 valence electrons. The van der Waals surface area contributed by atoms with E-state index in [0.29, 0.717) is 0 Å². The number of ether oxygens (including phenoxy) is 1. The quantitative estimate of drug-likeness (QED) is 0.703. The second-order valence-electron chi connectivity index (χ2n) is 0.781. The van der Waals surface area contributed by atoms with Crippen molar-refractivity contribution in [2.45, 2.75) is 13.8 Å². The van der Waals surface area contributed by atoms with Gasteiger partial charge in [0.2, 0.25) is 0 Å². The summed E-state index contributed by atoms with van der Waals surface area (Å²) in [6.07, 6.45) is 0. The van der Waals surface area contributed by atoms with Gasteiger partial charge in [0.25, 0.3) is 0 Å². The van der Waals surface area contributed by atoms with Crippen LogP contribution in [0.15, 0.2) is 0 Å². The van der Waals surface area contributed by atoms with E-state index in [9.17, 15) is 0 Å². The SMILES string of the molecule is Br.CCOCC.CN. The summed E-state index contributed by atoms with van der Waals surface area (Å²) in [7, 11) is 1.50. The van der Waals surface area contributed by atoms with Gasteiger partial charge in [0, 0.05) is 13.2 Å². The molecular weight excluding hydrogens is 170 g/mol. The van der Waals surface area contributed by atoms with E-state index in [4.69, 9.17) is 4.74 Å². The zero-order valence-corrected chi connectivity index (χ0v) is 7.52. The van der Waals surface area contributed by atoms with E-state index in [0.717, 1.165) is 13.2 Å². The Bertz CT molecular complexity index is 19.9. The molecule has 0 unspecified atom stereocenters. The molecule has 0 rings (SSSR count). The molecule has 0 saturated carbocycles. The van der Waals surface area contributed by atoms with Crippen molar-refractivity contribution in [2.75, 3.05) is 20.3 Å². The van der Waals surface area contributed by atoms with Crippen molar-refractivity contribution in [1.82, 2.24) is 0 Å². The Morgan fingerprint density at radius 2 is 1.38 bits per heavy atom. The first-order valence-electron chi connectivity index (χ1n) is 2.57. The van der Waals surface area contributed by atoms with Gasteiger partial charge in [-0.05, 0) is 20.9 Å². The van der Waals surface area contributed by atoms with Crippen molar-refractivity contribution in [3.05, 3.63) is 0 Å². The van der Waals surface area contributed by atoms with E-state index in [1.165, 1.54) is 7.05 Å². The maximum atomic E-state index is 4.83. The van der Waals surface area contributed by atoms with Gasteiger partial charge in [-0.1, -0.05) is 0 Å². The van der Waals surface area contributed by atoms with E-state index in [-0.39, 0.29) is 17.0 Å². The molecule has 0 saturated heterocycles. The lowest BCUT2D eigenvalue weighted by molar-refractivity contribution is 0.162. The highest BCUT2D eigenvalue weighted by Gasteiger charge is 1.64. The fourth-order valence-electron chi connectivity index (χ4n) is 0.204. The van der Waals surface area contributed by atoms with Crippen molar-refractivity contribution in [3.8, 4) is 0 Å². The Hall–Kier alpha value is 0.400. The Morgan fingerprint density at radius 3 is 1.38 bits per heavy atom. The fraction of sp³-hybridized carbons (Fsp3) is 1.00. The molecule has 0 aliphatic heterocycles. The van der Waals surface area contributed by atoms with Crippen molar-refractivity contribution in [1.29, 1.82) is 0 Å². The summed E-state index contributed by atoms with van der Waals surface area (Å²) in [5.41, 5.74) is 4.50. The van der Waals surface area contributed by atoms with Gasteiger partial charge in [-0.15, -0.1) is 17.0 Å². The zero-order chi connectivity index (χ0) is 6.12. The average Bonchev–Trinajstić information content (AvgIpc) is 1.75. The lowest BCUT2D eigenvalue weighted by Crippen LogP contribution is -1.84. The molecule has 0 atom stereocenters. The standard InChI is InChI=1S/C4H10O.CH5N.BrH/c1-3-5-4-2;1-2;/h3-4H2,1-2H3;2H2,1H3;1H. The number of hydrogen-bond donors (Lipinski definition) is 1. The molecule has 3 heteroatoms. The lowest BCUT2D eigenvalue weighted by Gasteiger charge is -1.86. The lowest BCUT2D eigenvalue weighted by atomic mass is 10.8. The summed E-state index contributed by atoms with van der Waals surface area (Å²) >= 11 is 0. The Morgan fingerprint density at radius 1 is 1.12 bits per heavy atom. The van der Waals surface area contributed by atoms with Crippen LogP contribution in [-0.4, -0.2) is 20.3 Å². The first kappa shape index (κ1) is 15.8. The van der Waals surface area contributed by atoms with Gasteiger partial charge < -0.3 is 10.5 Å². The zero-order valence-electron chi connectivity index (χ0n) is 5.81. The second kappa shape index (κ2) is 26.2. The van der Waals surface area contributed by atoms with Gasteiger partial charge in [0.15, 0.2) is 0 Å². The number of rotatable bonds is 2. The normalized spacial score (nSPS) is 6.00. The van der Waals surface area contributed by atoms with Crippen LogP contribution in [0.2, 0.25) is 0 Å². The van der Waals surface area contributed by atoms with Crippen molar-refractivity contribution in [2.24, 2.45) is 5.73 Å². The topological polar surface area (TPSA) is 35.2 Å². The first-order chi connectivity index (χ1) is 3.41. The maximum absolute atomic E-state index is 4.83. The molecule has 0 fully saturated rings. The molecule has 0 bridgehead atoms. The van der Waals surface area contributed by atoms with E-state index in [1.807, 2.05) is 13.8 Å². The maximum Gasteiger partial charge on any atom is 0.0437 e. The highest BCUT2D eigenvalue weighted by atomic mass is 79.9. The third-order valence-corrected chi connectivity index (χ3v) is 0.408. The van der Waals surface area contributed by atoms with Crippen molar-refractivity contribution < 1.29 is 4.74 Å². The molecule has 0 aliphatic carbocycles. The minimum Gasteiger partial charge on any atom is -0.382 e. The molecule has 0 radical (unpaired) electrons. The molecule has 0 aromatic rings. The summed E-state index contributed by atoms with van der Waals surface area (Å²) in [6, 6.07) is 0. The average molecular weight is 186 g/mol. The molecule has 0 spiro atoms. The second-order valence-corrected chi connectivity index (χ2v) is 0.781. The molecule has 0 aromatic heterocycles. The van der Waals surface area contributed by atoms with Gasteiger partial charge in [-0.3, -0.25) is 0 Å². The molecule has 2 nitrogen and oxygen atoms in total. The van der Waals surface area contributed by atoms with Crippen LogP contribution in [0.3, 0.4) is 0 Å². The molecule has 8 heavy (non-hydrogen) atoms. The van der Waals surface area contributed by atoms with Crippen LogP contribution in [0.1, 0.15) is 13.8 Å². The molecule has 0 heterocycles. The minimum absolute atomic E-state index is 0. The van der Waals surface area contributed by atoms with Crippen LogP contribution in [-0.2, 0) is 4.74 Å². The third kappa shape index (κ3) is 32.4. The van der Waals surface area contributed by atoms with Crippen LogP contribution in [0.25, 0.3) is 0 Å². The third-order valence-electron chi connectivity index (χ3n) is 0.408. The van der Waals surface area contributed by atoms with Gasteiger partial charge in [-0.2, -0.15) is 0 Å². The summed E-state index contributed by atoms with van der Waals surface area (Å²) in [6.45, 7) is 5.67. The highest BCUT2D eigenvalue weighted by Crippen LogP contribution is 1.64. The van der Waals surface area contributed by atoms with E-state index in [2.05, 4.69) is 5.73 Å². The van der Waals surface area contributed by atoms with E-state index in [1.54, 1.807) is 0 Å². The van der Waals surface area contributed by atoms with Crippen LogP contribution in [0, 0.1) is 0 Å². The van der Waals surface area contributed by atoms with Crippen LogP contribution in [0.4, 0.5) is 0 Å². The molecular formula is C5H16BrNO. The number of hydrogen-bond acceptors (Lipinski definition) is 2. The first-order valence-corrected chi connectivity index (χ1v) is 2.57. The Labute approximate surface area is 62.2 Å². The fourth-order valence-corrected chi connectivity index (χ4v) is 0.204. The summed E-state index contributed by atoms with van der Waals surface area (Å²) in [4.78, 5) is 0. The Kier molecular flexibility index (Phi) is 51.7. The predicted octanol–water partition coefficient (Wildman–Crippen LogP) is 1.20. The van der Waals surface area contributed by atoms with Crippen molar-refractivity contribution >= 4 is 17.0 Å². The number of halogens is 1. The minimum atomic E-state index is 0. The summed E-state index contributed by atoms with van der Waals surface area (Å²) in [5, 5.41) is 0. The van der Waals surface area contributed by atoms with E-state index < -0.39 is 0 Å². The molecule has 0 amide bonds. The van der Waals surface area contributed by atoms with Crippen molar-refractivity contribution in [3.63, 3.8) is 0 Å². The number of nitrogens with two attached hydrogens (primary N) is 1. The Balaban J connectivity index is -0.0000000750. The van der Waals surface area contributed by atoms with E-state index >= 15 is 0 Å². The van der Waals surface area contributed by atoms with Gasteiger partial charge >= 0.3 is 0 Å². The van der Waals surface area contributed by atoms with Gasteiger partial charge in [-0.25, -0.2) is 0 Å². The smallest absolute Gasteiger partial charge is 0.0437 e. The van der Waals surface area contributed by atoms with Crippen LogP contribution < -0.4 is 5.73 Å². The van der Waals surface area contributed by atoms with Crippen LogP contribution in [0.5, 0.6) is 0 Å². The summed E-state index contributed by atoms with van der Waals surface area (Å²) < 4.78 is 4.83. The molecule has 0 aliphatic rings. The van der Waals surface area contributed by atoms with Crippen LogP contribution >= 0.6 is 17.0 Å².